The predicted molar refractivity (Wildman–Crippen MR) is 79.2 cm³/mol. The van der Waals surface area contributed by atoms with E-state index in [9.17, 15) is 9.59 Å². The van der Waals surface area contributed by atoms with Gasteiger partial charge in [0.2, 0.25) is 0 Å². The first-order valence-corrected chi connectivity index (χ1v) is 6.95. The molecule has 2 N–H and O–H groups in total. The lowest BCUT2D eigenvalue weighted by Crippen LogP contribution is -2.34. The molecule has 22 heavy (non-hydrogen) atoms. The number of rotatable bonds is 5. The summed E-state index contributed by atoms with van der Waals surface area (Å²) in [5.41, 5.74) is 1.85. The van der Waals surface area contributed by atoms with Gasteiger partial charge in [-0.2, -0.15) is 0 Å². The summed E-state index contributed by atoms with van der Waals surface area (Å²) >= 11 is 0. The summed E-state index contributed by atoms with van der Waals surface area (Å²) in [6, 6.07) is 18.7. The van der Waals surface area contributed by atoms with Crippen molar-refractivity contribution in [3.05, 3.63) is 71.8 Å². The van der Waals surface area contributed by atoms with Crippen LogP contribution in [-0.2, 0) is 14.3 Å². The Balaban J connectivity index is 1.81. The molecule has 0 radical (unpaired) electrons. The molecule has 112 valence electrons. The third kappa shape index (κ3) is 2.99. The topological polar surface area (TPSA) is 78.9 Å². The van der Waals surface area contributed by atoms with E-state index in [1.807, 2.05) is 60.7 Å². The maximum absolute atomic E-state index is 12.2. The number of carbonyl (C=O) groups is 2. The summed E-state index contributed by atoms with van der Waals surface area (Å²) in [7, 11) is 0. The molecule has 5 heteroatoms. The number of benzene rings is 2. The van der Waals surface area contributed by atoms with Crippen LogP contribution in [0.5, 0.6) is 0 Å². The van der Waals surface area contributed by atoms with Gasteiger partial charge in [0.15, 0.2) is 12.2 Å². The van der Waals surface area contributed by atoms with Crippen molar-refractivity contribution in [1.29, 1.82) is 0 Å². The van der Waals surface area contributed by atoms with Crippen LogP contribution >= 0.6 is 0 Å². The number of carboxylic acids is 1. The average Bonchev–Trinajstić information content (AvgIpc) is 3.35. The predicted octanol–water partition coefficient (Wildman–Crippen LogP) is 1.74. The molecule has 0 unspecified atom stereocenters. The van der Waals surface area contributed by atoms with Crippen LogP contribution in [0.1, 0.15) is 17.2 Å². The number of aliphatic carboxylic acids is 1. The van der Waals surface area contributed by atoms with Crippen molar-refractivity contribution in [3.63, 3.8) is 0 Å². The van der Waals surface area contributed by atoms with E-state index >= 15 is 0 Å². The molecule has 2 atom stereocenters. The van der Waals surface area contributed by atoms with Gasteiger partial charge in [0.05, 0.1) is 6.04 Å². The van der Waals surface area contributed by atoms with Gasteiger partial charge in [0.25, 0.3) is 5.91 Å². The van der Waals surface area contributed by atoms with Crippen LogP contribution in [0, 0.1) is 0 Å². The van der Waals surface area contributed by atoms with Gasteiger partial charge in [-0.3, -0.25) is 4.79 Å². The van der Waals surface area contributed by atoms with Crippen LogP contribution in [0.15, 0.2) is 60.7 Å². The van der Waals surface area contributed by atoms with E-state index in [4.69, 9.17) is 9.84 Å². The Morgan fingerprint density at radius 3 is 1.82 bits per heavy atom. The summed E-state index contributed by atoms with van der Waals surface area (Å²) in [6.45, 7) is 0. The first kappa shape index (κ1) is 14.3. The van der Waals surface area contributed by atoms with Gasteiger partial charge in [-0.05, 0) is 11.1 Å². The minimum absolute atomic E-state index is 0.339. The molecule has 1 heterocycles. The number of nitrogens with one attached hydrogen (secondary N) is 1. The minimum atomic E-state index is -1.11. The number of hydrogen-bond donors (Lipinski definition) is 2. The fraction of sp³-hybridized carbons (Fsp3) is 0.176. The van der Waals surface area contributed by atoms with E-state index in [1.165, 1.54) is 0 Å². The van der Waals surface area contributed by atoms with E-state index < -0.39 is 24.1 Å². The summed E-state index contributed by atoms with van der Waals surface area (Å²) in [5, 5.41) is 11.7. The van der Waals surface area contributed by atoms with Gasteiger partial charge in [-0.15, -0.1) is 0 Å². The standard InChI is InChI=1S/C17H15NO4/c19-16(14-15(22-14)17(20)21)18-13(11-7-3-1-4-8-11)12-9-5-2-6-10-12/h1-10,13-15H,(H,18,19)(H,20,21)/t14-,15-/m0/s1. The lowest BCUT2D eigenvalue weighted by molar-refractivity contribution is -0.138. The summed E-state index contributed by atoms with van der Waals surface area (Å²) < 4.78 is 4.90. The maximum atomic E-state index is 12.2. The highest BCUT2D eigenvalue weighted by molar-refractivity contribution is 5.92. The molecule has 0 aromatic heterocycles. The molecule has 1 amide bonds. The van der Waals surface area contributed by atoms with Crippen molar-refractivity contribution in [2.45, 2.75) is 18.2 Å². The SMILES string of the molecule is O=C(O)[C@H]1O[C@@H]1C(=O)NC(c1ccccc1)c1ccccc1. The van der Waals surface area contributed by atoms with Crippen LogP contribution in [-0.4, -0.2) is 29.2 Å². The van der Waals surface area contributed by atoms with Gasteiger partial charge < -0.3 is 15.2 Å². The molecule has 0 bridgehead atoms. The van der Waals surface area contributed by atoms with Gasteiger partial charge in [-0.25, -0.2) is 4.79 Å². The normalized spacial score (nSPS) is 19.7. The van der Waals surface area contributed by atoms with Crippen LogP contribution in [0.2, 0.25) is 0 Å². The Bertz CT molecular complexity index is 632. The molecule has 1 saturated heterocycles. The Morgan fingerprint density at radius 1 is 0.909 bits per heavy atom. The van der Waals surface area contributed by atoms with Crippen molar-refractivity contribution in [2.75, 3.05) is 0 Å². The van der Waals surface area contributed by atoms with Gasteiger partial charge in [0.1, 0.15) is 0 Å². The molecule has 1 aliphatic rings. The number of carbonyl (C=O) groups excluding carboxylic acids is 1. The summed E-state index contributed by atoms with van der Waals surface area (Å²) in [5.74, 6) is -1.53. The second kappa shape index (κ2) is 5.99. The molecule has 0 saturated carbocycles. The molecule has 1 fully saturated rings. The van der Waals surface area contributed by atoms with Crippen LogP contribution in [0.3, 0.4) is 0 Å². The molecule has 2 aromatic carbocycles. The zero-order valence-corrected chi connectivity index (χ0v) is 11.7. The van der Waals surface area contributed by atoms with Gasteiger partial charge >= 0.3 is 5.97 Å². The van der Waals surface area contributed by atoms with Gasteiger partial charge in [-0.1, -0.05) is 60.7 Å². The molecule has 2 aromatic rings. The van der Waals surface area contributed by atoms with Crippen LogP contribution < -0.4 is 5.32 Å². The first-order chi connectivity index (χ1) is 10.7. The van der Waals surface area contributed by atoms with Crippen molar-refractivity contribution in [1.82, 2.24) is 5.32 Å². The van der Waals surface area contributed by atoms with E-state index in [2.05, 4.69) is 5.32 Å². The van der Waals surface area contributed by atoms with Crippen LogP contribution in [0.25, 0.3) is 0 Å². The van der Waals surface area contributed by atoms with Gasteiger partial charge in [0, 0.05) is 0 Å². The Hall–Kier alpha value is -2.66. The molecule has 0 aliphatic carbocycles. The summed E-state index contributed by atoms with van der Waals surface area (Å²) in [4.78, 5) is 23.0. The van der Waals surface area contributed by atoms with E-state index in [0.29, 0.717) is 0 Å². The smallest absolute Gasteiger partial charge is 0.336 e. The Kier molecular flexibility index (Phi) is 3.89. The molecule has 0 spiro atoms. The number of amides is 1. The van der Waals surface area contributed by atoms with Crippen molar-refractivity contribution in [3.8, 4) is 0 Å². The zero-order chi connectivity index (χ0) is 15.5. The maximum Gasteiger partial charge on any atom is 0.336 e. The fourth-order valence-electron chi connectivity index (χ4n) is 2.37. The number of carboxylic acid groups (broad SMARTS) is 1. The fourth-order valence-corrected chi connectivity index (χ4v) is 2.37. The monoisotopic (exact) mass is 297 g/mol. The van der Waals surface area contributed by atoms with Crippen LogP contribution in [0.4, 0.5) is 0 Å². The Morgan fingerprint density at radius 2 is 1.41 bits per heavy atom. The van der Waals surface area contributed by atoms with Crippen molar-refractivity contribution >= 4 is 11.9 Å². The second-order valence-corrected chi connectivity index (χ2v) is 5.08. The van der Waals surface area contributed by atoms with Crippen molar-refractivity contribution in [2.24, 2.45) is 0 Å². The zero-order valence-electron chi connectivity index (χ0n) is 11.7. The highest BCUT2D eigenvalue weighted by Gasteiger charge is 2.51. The highest BCUT2D eigenvalue weighted by atomic mass is 16.6. The Labute approximate surface area is 127 Å². The number of ether oxygens (including phenoxy) is 1. The lowest BCUT2D eigenvalue weighted by Gasteiger charge is -2.19. The number of epoxide rings is 1. The second-order valence-electron chi connectivity index (χ2n) is 5.08. The lowest BCUT2D eigenvalue weighted by atomic mass is 9.98. The molecular weight excluding hydrogens is 282 g/mol. The van der Waals surface area contributed by atoms with Crippen molar-refractivity contribution < 1.29 is 19.4 Å². The highest BCUT2D eigenvalue weighted by Crippen LogP contribution is 2.26. The number of hydrogen-bond acceptors (Lipinski definition) is 3. The quantitative estimate of drug-likeness (QED) is 0.824. The minimum Gasteiger partial charge on any atom is -0.479 e. The van der Waals surface area contributed by atoms with E-state index in [0.717, 1.165) is 11.1 Å². The largest absolute Gasteiger partial charge is 0.479 e. The molecule has 5 nitrogen and oxygen atoms in total. The molecular formula is C17H15NO4. The third-order valence-corrected chi connectivity index (χ3v) is 3.55. The first-order valence-electron chi connectivity index (χ1n) is 6.95. The van der Waals surface area contributed by atoms with E-state index in [1.54, 1.807) is 0 Å². The molecule has 3 rings (SSSR count). The average molecular weight is 297 g/mol. The summed E-state index contributed by atoms with van der Waals surface area (Å²) in [6.07, 6.45) is -1.94. The third-order valence-electron chi connectivity index (χ3n) is 3.55. The van der Waals surface area contributed by atoms with E-state index in [-0.39, 0.29) is 6.04 Å². The molecule has 1 aliphatic heterocycles.